The van der Waals surface area contributed by atoms with E-state index in [1.165, 1.54) is 29.5 Å². The first-order valence-electron chi connectivity index (χ1n) is 18.2. The molecule has 16 nitrogen and oxygen atoms in total. The number of fused-ring (bicyclic) bond motifs is 4. The van der Waals surface area contributed by atoms with Crippen molar-refractivity contribution in [3.05, 3.63) is 140 Å². The normalized spacial score (nSPS) is 12.7. The lowest BCUT2D eigenvalue weighted by molar-refractivity contribution is 0.0979. The summed E-state index contributed by atoms with van der Waals surface area (Å²) in [5, 5.41) is 17.8. The molecule has 4 aromatic heterocycles. The van der Waals surface area contributed by atoms with Crippen LogP contribution in [0, 0.1) is 13.8 Å². The summed E-state index contributed by atoms with van der Waals surface area (Å²) in [5.74, 6) is 2.91. The number of hydrogen-bond acceptors (Lipinski definition) is 14. The number of benzene rings is 3. The van der Waals surface area contributed by atoms with Gasteiger partial charge in [-0.3, -0.25) is 9.59 Å². The second-order valence-electron chi connectivity index (χ2n) is 13.1. The molecular weight excluding hydrogens is 732 g/mol. The lowest BCUT2D eigenvalue weighted by Gasteiger charge is -2.19. The number of ether oxygens (including phenoxy) is 4. The van der Waals surface area contributed by atoms with Crippen molar-refractivity contribution in [2.45, 2.75) is 33.5 Å². The van der Waals surface area contributed by atoms with Gasteiger partial charge in [0.25, 0.3) is 11.1 Å². The molecule has 9 rings (SSSR count). The maximum absolute atomic E-state index is 12.9. The Balaban J connectivity index is 0.000000165. The van der Waals surface area contributed by atoms with E-state index in [9.17, 15) is 14.8 Å². The standard InChI is InChI=1S/C24H22N4O4.C17H16N4O4/c1-16-23-19(25-13-18-7-8-20-21(11-18)31-10-9-30-20)12-22(29)28(24(23)27-15-26-16)32-14-17-5-3-2-4-6-17;1-10-16-12(7-15(22)21(23)17(16)20-9-19-10)18-8-11-2-3-13-14(6-11)25-5-4-24-13/h2-8,11-12,15,25H,9-10,13-14H2,1H3;2-3,6-7,9,18,23H,4-5,8H2,1H3. The molecular formula is C41H38N8O8. The molecule has 0 amide bonds. The first-order chi connectivity index (χ1) is 27.8. The number of nitrogens with zero attached hydrogens (tertiary/aromatic N) is 6. The zero-order chi connectivity index (χ0) is 39.3. The fraction of sp³-hybridized carbons (Fsp3) is 0.220. The largest absolute Gasteiger partial charge is 0.486 e. The Morgan fingerprint density at radius 3 is 1.70 bits per heavy atom. The lowest BCUT2D eigenvalue weighted by Crippen LogP contribution is -2.28. The van der Waals surface area contributed by atoms with Crippen LogP contribution in [0.1, 0.15) is 28.1 Å². The van der Waals surface area contributed by atoms with E-state index < -0.39 is 5.56 Å². The van der Waals surface area contributed by atoms with Crippen molar-refractivity contribution in [3.63, 3.8) is 0 Å². The Morgan fingerprint density at radius 2 is 1.12 bits per heavy atom. The minimum absolute atomic E-state index is 0.171. The van der Waals surface area contributed by atoms with Gasteiger partial charge in [0.15, 0.2) is 34.3 Å². The Morgan fingerprint density at radius 1 is 0.614 bits per heavy atom. The molecule has 0 radical (unpaired) electrons. The van der Waals surface area contributed by atoms with Crippen LogP contribution in [0.5, 0.6) is 23.0 Å². The fourth-order valence-corrected chi connectivity index (χ4v) is 6.49. The molecule has 0 spiro atoms. The van der Waals surface area contributed by atoms with E-state index in [2.05, 4.69) is 30.6 Å². The van der Waals surface area contributed by atoms with Crippen LogP contribution in [0.3, 0.4) is 0 Å². The summed E-state index contributed by atoms with van der Waals surface area (Å²) in [6.07, 6.45) is 2.75. The first-order valence-corrected chi connectivity index (χ1v) is 18.2. The van der Waals surface area contributed by atoms with Gasteiger partial charge in [-0.2, -0.15) is 0 Å². The molecule has 0 aliphatic carbocycles. The third-order valence-corrected chi connectivity index (χ3v) is 9.29. The van der Waals surface area contributed by atoms with E-state index in [4.69, 9.17) is 23.8 Å². The number of anilines is 2. The number of aryl methyl sites for hydroxylation is 2. The van der Waals surface area contributed by atoms with Crippen molar-refractivity contribution in [3.8, 4) is 23.0 Å². The minimum atomic E-state index is -0.560. The smallest absolute Gasteiger partial charge is 0.287 e. The van der Waals surface area contributed by atoms with Crippen LogP contribution in [-0.4, -0.2) is 61.0 Å². The minimum Gasteiger partial charge on any atom is -0.486 e. The Bertz CT molecular complexity index is 2700. The van der Waals surface area contributed by atoms with Gasteiger partial charge in [-0.15, -0.1) is 9.46 Å². The molecule has 2 aliphatic heterocycles. The van der Waals surface area contributed by atoms with Gasteiger partial charge in [-0.05, 0) is 54.8 Å². The van der Waals surface area contributed by atoms with Crippen LogP contribution in [0.15, 0.2) is 101 Å². The van der Waals surface area contributed by atoms with Gasteiger partial charge in [-0.25, -0.2) is 19.9 Å². The zero-order valence-corrected chi connectivity index (χ0v) is 31.1. The van der Waals surface area contributed by atoms with Crippen molar-refractivity contribution >= 4 is 33.4 Å². The molecule has 0 saturated carbocycles. The summed E-state index contributed by atoms with van der Waals surface area (Å²) in [6, 6.07) is 24.0. The molecule has 290 valence electrons. The first kappa shape index (κ1) is 36.6. The summed E-state index contributed by atoms with van der Waals surface area (Å²) >= 11 is 0. The average molecular weight is 771 g/mol. The van der Waals surface area contributed by atoms with Gasteiger partial charge in [0.05, 0.1) is 33.5 Å². The van der Waals surface area contributed by atoms with E-state index in [1.807, 2.05) is 73.7 Å². The Kier molecular flexibility index (Phi) is 10.4. The highest BCUT2D eigenvalue weighted by molar-refractivity contribution is 5.91. The molecule has 3 N–H and O–H groups in total. The van der Waals surface area contributed by atoms with Crippen molar-refractivity contribution in [1.82, 2.24) is 29.4 Å². The molecule has 2 aliphatic rings. The summed E-state index contributed by atoms with van der Waals surface area (Å²) in [4.78, 5) is 47.4. The van der Waals surface area contributed by atoms with Crippen LogP contribution < -0.4 is 45.5 Å². The van der Waals surface area contributed by atoms with Crippen molar-refractivity contribution in [1.29, 1.82) is 0 Å². The molecule has 6 heterocycles. The highest BCUT2D eigenvalue weighted by Gasteiger charge is 2.17. The summed E-state index contributed by atoms with van der Waals surface area (Å²) in [6.45, 7) is 7.05. The molecule has 0 fully saturated rings. The highest BCUT2D eigenvalue weighted by atomic mass is 16.7. The fourth-order valence-electron chi connectivity index (χ4n) is 6.49. The predicted octanol–water partition coefficient (Wildman–Crippen LogP) is 4.83. The second-order valence-corrected chi connectivity index (χ2v) is 13.1. The quantitative estimate of drug-likeness (QED) is 0.170. The third kappa shape index (κ3) is 7.91. The van der Waals surface area contributed by atoms with Crippen molar-refractivity contribution in [2.24, 2.45) is 0 Å². The summed E-state index contributed by atoms with van der Waals surface area (Å²) in [5.41, 5.74) is 5.28. The van der Waals surface area contributed by atoms with Crippen molar-refractivity contribution in [2.75, 3.05) is 37.1 Å². The number of hydrogen-bond donors (Lipinski definition) is 3. The van der Waals surface area contributed by atoms with Crippen LogP contribution in [0.2, 0.25) is 0 Å². The van der Waals surface area contributed by atoms with Crippen LogP contribution >= 0.6 is 0 Å². The number of rotatable bonds is 9. The topological polar surface area (TPSA) is 186 Å². The molecule has 0 atom stereocenters. The summed E-state index contributed by atoms with van der Waals surface area (Å²) < 4.78 is 24.1. The van der Waals surface area contributed by atoms with Crippen molar-refractivity contribution < 1.29 is 29.0 Å². The molecule has 57 heavy (non-hydrogen) atoms. The maximum Gasteiger partial charge on any atom is 0.287 e. The third-order valence-electron chi connectivity index (χ3n) is 9.29. The Labute approximate surface area is 325 Å². The number of pyridine rings is 2. The zero-order valence-electron chi connectivity index (χ0n) is 31.1. The molecule has 16 heteroatoms. The second kappa shape index (κ2) is 16.2. The summed E-state index contributed by atoms with van der Waals surface area (Å²) in [7, 11) is 0. The van der Waals surface area contributed by atoms with Gasteiger partial charge in [0.2, 0.25) is 0 Å². The molecule has 0 bridgehead atoms. The van der Waals surface area contributed by atoms with Crippen LogP contribution in [-0.2, 0) is 19.7 Å². The van der Waals surface area contributed by atoms with E-state index in [1.54, 1.807) is 6.92 Å². The van der Waals surface area contributed by atoms with Gasteiger partial charge in [-0.1, -0.05) is 42.5 Å². The monoisotopic (exact) mass is 770 g/mol. The lowest BCUT2D eigenvalue weighted by atomic mass is 10.1. The van der Waals surface area contributed by atoms with E-state index in [-0.39, 0.29) is 17.8 Å². The molecule has 0 unspecified atom stereocenters. The number of aromatic nitrogens is 6. The van der Waals surface area contributed by atoms with E-state index >= 15 is 0 Å². The maximum atomic E-state index is 12.9. The molecule has 7 aromatic rings. The highest BCUT2D eigenvalue weighted by Crippen LogP contribution is 2.33. The molecule has 3 aromatic carbocycles. The van der Waals surface area contributed by atoms with E-state index in [0.29, 0.717) is 78.1 Å². The van der Waals surface area contributed by atoms with Gasteiger partial charge >= 0.3 is 0 Å². The SMILES string of the molecule is Cc1ncnc2c1c(NCc1ccc3c(c1)OCCO3)cc(=O)n2O.Cc1ncnc2c1c(NCc1ccc3c(c1)OCCO3)cc(=O)n2OCc1ccccc1. The van der Waals surface area contributed by atoms with Gasteiger partial charge < -0.3 is 39.6 Å². The predicted molar refractivity (Wildman–Crippen MR) is 210 cm³/mol. The van der Waals surface area contributed by atoms with Crippen LogP contribution in [0.4, 0.5) is 11.4 Å². The Hall–Kier alpha value is -7.36. The molecule has 0 saturated heterocycles. The van der Waals surface area contributed by atoms with Gasteiger partial charge in [0.1, 0.15) is 45.7 Å². The average Bonchev–Trinajstić information content (AvgIpc) is 3.24. The van der Waals surface area contributed by atoms with Gasteiger partial charge in [0, 0.05) is 25.2 Å². The van der Waals surface area contributed by atoms with Crippen LogP contribution in [0.25, 0.3) is 22.1 Å². The number of nitrogens with one attached hydrogen (secondary N) is 2. The van der Waals surface area contributed by atoms with E-state index in [0.717, 1.165) is 45.0 Å².